The van der Waals surface area contributed by atoms with Gasteiger partial charge < -0.3 is 5.32 Å². The van der Waals surface area contributed by atoms with Gasteiger partial charge in [0.1, 0.15) is 0 Å². The smallest absolute Gasteiger partial charge is 0.0374 e. The van der Waals surface area contributed by atoms with Gasteiger partial charge in [-0.05, 0) is 47.9 Å². The number of nitrogens with one attached hydrogen (secondary N) is 1. The highest BCUT2D eigenvalue weighted by atomic mass is 14.9. The van der Waals surface area contributed by atoms with Crippen LogP contribution in [0.2, 0.25) is 0 Å². The van der Waals surface area contributed by atoms with Crippen molar-refractivity contribution >= 4 is 0 Å². The highest BCUT2D eigenvalue weighted by molar-refractivity contribution is 5.63. The largest absolute Gasteiger partial charge is 0.309 e. The van der Waals surface area contributed by atoms with E-state index in [9.17, 15) is 0 Å². The van der Waals surface area contributed by atoms with Crippen molar-refractivity contribution < 1.29 is 0 Å². The quantitative estimate of drug-likeness (QED) is 0.767. The van der Waals surface area contributed by atoms with Gasteiger partial charge in [0.2, 0.25) is 0 Å². The molecule has 0 radical (unpaired) electrons. The standard InChI is InChI=1S/C20H25N/c1-3-15-21-19(20(2)13-14-20)18-11-9-17(10-12-18)16-7-5-4-6-8-16/h4-12,19,21H,3,13-15H2,1-2H3. The summed E-state index contributed by atoms with van der Waals surface area (Å²) in [5.41, 5.74) is 4.49. The van der Waals surface area contributed by atoms with Gasteiger partial charge >= 0.3 is 0 Å². The Bertz CT molecular complexity index is 567. The fourth-order valence-corrected chi connectivity index (χ4v) is 3.04. The Balaban J connectivity index is 1.82. The zero-order valence-electron chi connectivity index (χ0n) is 13.1. The highest BCUT2D eigenvalue weighted by Gasteiger charge is 2.45. The predicted molar refractivity (Wildman–Crippen MR) is 90.3 cm³/mol. The van der Waals surface area contributed by atoms with Crippen LogP contribution in [0, 0.1) is 5.41 Å². The lowest BCUT2D eigenvalue weighted by atomic mass is 9.90. The van der Waals surface area contributed by atoms with E-state index in [1.807, 2.05) is 0 Å². The molecule has 0 aliphatic heterocycles. The van der Waals surface area contributed by atoms with Crippen molar-refractivity contribution in [3.8, 4) is 11.1 Å². The minimum Gasteiger partial charge on any atom is -0.309 e. The molecule has 1 unspecified atom stereocenters. The molecule has 0 spiro atoms. The van der Waals surface area contributed by atoms with Crippen LogP contribution in [0.3, 0.4) is 0 Å². The fraction of sp³-hybridized carbons (Fsp3) is 0.400. The molecule has 21 heavy (non-hydrogen) atoms. The van der Waals surface area contributed by atoms with Gasteiger partial charge in [0.05, 0.1) is 0 Å². The lowest BCUT2D eigenvalue weighted by Crippen LogP contribution is -2.28. The third kappa shape index (κ3) is 3.19. The van der Waals surface area contributed by atoms with E-state index in [4.69, 9.17) is 0 Å². The Morgan fingerprint density at radius 3 is 2.14 bits per heavy atom. The number of rotatable bonds is 6. The highest BCUT2D eigenvalue weighted by Crippen LogP contribution is 2.54. The summed E-state index contributed by atoms with van der Waals surface area (Å²) < 4.78 is 0. The van der Waals surface area contributed by atoms with E-state index in [0.29, 0.717) is 11.5 Å². The molecule has 0 saturated heterocycles. The van der Waals surface area contributed by atoms with Crippen LogP contribution in [-0.4, -0.2) is 6.54 Å². The first-order chi connectivity index (χ1) is 10.2. The monoisotopic (exact) mass is 279 g/mol. The van der Waals surface area contributed by atoms with Gasteiger partial charge in [-0.3, -0.25) is 0 Å². The molecule has 1 atom stereocenters. The fourth-order valence-electron chi connectivity index (χ4n) is 3.04. The summed E-state index contributed by atoms with van der Waals surface area (Å²) in [4.78, 5) is 0. The molecular formula is C20H25N. The van der Waals surface area contributed by atoms with Gasteiger partial charge in [0.25, 0.3) is 0 Å². The van der Waals surface area contributed by atoms with E-state index in [1.54, 1.807) is 0 Å². The van der Waals surface area contributed by atoms with E-state index < -0.39 is 0 Å². The van der Waals surface area contributed by atoms with Crippen LogP contribution in [0.1, 0.15) is 44.7 Å². The summed E-state index contributed by atoms with van der Waals surface area (Å²) in [6.45, 7) is 5.74. The van der Waals surface area contributed by atoms with Crippen molar-refractivity contribution in [1.29, 1.82) is 0 Å². The van der Waals surface area contributed by atoms with Crippen LogP contribution in [0.25, 0.3) is 11.1 Å². The molecular weight excluding hydrogens is 254 g/mol. The lowest BCUT2D eigenvalue weighted by molar-refractivity contribution is 0.367. The third-order valence-corrected chi connectivity index (χ3v) is 4.69. The van der Waals surface area contributed by atoms with Gasteiger partial charge in [-0.15, -0.1) is 0 Å². The topological polar surface area (TPSA) is 12.0 Å². The van der Waals surface area contributed by atoms with Gasteiger partial charge in [0, 0.05) is 6.04 Å². The van der Waals surface area contributed by atoms with Crippen LogP contribution < -0.4 is 5.32 Å². The predicted octanol–water partition coefficient (Wildman–Crippen LogP) is 5.19. The normalized spacial score (nSPS) is 17.4. The second-order valence-electron chi connectivity index (χ2n) is 6.53. The molecule has 1 N–H and O–H groups in total. The molecule has 2 aromatic carbocycles. The van der Waals surface area contributed by atoms with Crippen LogP contribution in [0.15, 0.2) is 54.6 Å². The summed E-state index contributed by atoms with van der Waals surface area (Å²) in [7, 11) is 0. The molecule has 110 valence electrons. The van der Waals surface area contributed by atoms with Gasteiger partial charge in [-0.2, -0.15) is 0 Å². The maximum Gasteiger partial charge on any atom is 0.0374 e. The molecule has 1 heteroatoms. The maximum absolute atomic E-state index is 3.75. The molecule has 0 bridgehead atoms. The van der Waals surface area contributed by atoms with Crippen LogP contribution in [0.5, 0.6) is 0 Å². The minimum atomic E-state index is 0.462. The summed E-state index contributed by atoms with van der Waals surface area (Å²) in [6, 6.07) is 20.2. The second-order valence-corrected chi connectivity index (χ2v) is 6.53. The summed E-state index contributed by atoms with van der Waals surface area (Å²) in [5.74, 6) is 0. The van der Waals surface area contributed by atoms with E-state index in [-0.39, 0.29) is 0 Å². The van der Waals surface area contributed by atoms with Crippen molar-refractivity contribution in [2.45, 2.75) is 39.2 Å². The summed E-state index contributed by atoms with van der Waals surface area (Å²) in [5, 5.41) is 3.75. The molecule has 1 aliphatic carbocycles. The minimum absolute atomic E-state index is 0.462. The molecule has 0 heterocycles. The Morgan fingerprint density at radius 2 is 1.57 bits per heavy atom. The van der Waals surface area contributed by atoms with Crippen molar-refractivity contribution in [3.63, 3.8) is 0 Å². The maximum atomic E-state index is 3.75. The lowest BCUT2D eigenvalue weighted by Gasteiger charge is -2.25. The third-order valence-electron chi connectivity index (χ3n) is 4.69. The van der Waals surface area contributed by atoms with Crippen molar-refractivity contribution in [2.24, 2.45) is 5.41 Å². The first-order valence-electron chi connectivity index (χ1n) is 8.12. The molecule has 1 nitrogen and oxygen atoms in total. The molecule has 1 saturated carbocycles. The van der Waals surface area contributed by atoms with E-state index in [1.165, 1.54) is 36.0 Å². The number of hydrogen-bond donors (Lipinski definition) is 1. The Hall–Kier alpha value is -1.60. The first-order valence-corrected chi connectivity index (χ1v) is 8.12. The van der Waals surface area contributed by atoms with E-state index in [2.05, 4.69) is 73.8 Å². The van der Waals surface area contributed by atoms with Crippen molar-refractivity contribution in [2.75, 3.05) is 6.54 Å². The van der Waals surface area contributed by atoms with Crippen molar-refractivity contribution in [1.82, 2.24) is 5.32 Å². The Morgan fingerprint density at radius 1 is 0.952 bits per heavy atom. The average molecular weight is 279 g/mol. The number of benzene rings is 2. The second kappa shape index (κ2) is 6.03. The average Bonchev–Trinajstić information content (AvgIpc) is 3.28. The summed E-state index contributed by atoms with van der Waals surface area (Å²) in [6.07, 6.45) is 3.87. The van der Waals surface area contributed by atoms with Gasteiger partial charge in [-0.1, -0.05) is 68.4 Å². The molecule has 0 amide bonds. The van der Waals surface area contributed by atoms with E-state index in [0.717, 1.165) is 6.54 Å². The molecule has 1 aliphatic rings. The molecule has 1 fully saturated rings. The van der Waals surface area contributed by atoms with Crippen molar-refractivity contribution in [3.05, 3.63) is 60.2 Å². The summed E-state index contributed by atoms with van der Waals surface area (Å²) >= 11 is 0. The van der Waals surface area contributed by atoms with Gasteiger partial charge in [-0.25, -0.2) is 0 Å². The number of hydrogen-bond acceptors (Lipinski definition) is 1. The Labute approximate surface area is 128 Å². The molecule has 0 aromatic heterocycles. The SMILES string of the molecule is CCCNC(c1ccc(-c2ccccc2)cc1)C1(C)CC1. The zero-order valence-corrected chi connectivity index (χ0v) is 13.1. The van der Waals surface area contributed by atoms with Crippen LogP contribution in [-0.2, 0) is 0 Å². The Kier molecular flexibility index (Phi) is 4.12. The van der Waals surface area contributed by atoms with Gasteiger partial charge in [0.15, 0.2) is 0 Å². The zero-order chi connectivity index (χ0) is 14.7. The molecule has 3 rings (SSSR count). The molecule has 2 aromatic rings. The van der Waals surface area contributed by atoms with Crippen LogP contribution in [0.4, 0.5) is 0 Å². The van der Waals surface area contributed by atoms with Crippen LogP contribution >= 0.6 is 0 Å². The van der Waals surface area contributed by atoms with E-state index >= 15 is 0 Å². The first kappa shape index (κ1) is 14.3.